The highest BCUT2D eigenvalue weighted by atomic mass is 16.2. The zero-order chi connectivity index (χ0) is 15.5. The molecule has 0 heterocycles. The minimum Gasteiger partial charge on any atom is -0.342 e. The molecule has 0 aromatic heterocycles. The van der Waals surface area contributed by atoms with Gasteiger partial charge in [-0.3, -0.25) is 4.79 Å². The van der Waals surface area contributed by atoms with Crippen molar-refractivity contribution in [1.29, 1.82) is 5.26 Å². The van der Waals surface area contributed by atoms with E-state index in [2.05, 4.69) is 19.9 Å². The van der Waals surface area contributed by atoms with Gasteiger partial charge in [0.25, 0.3) is 0 Å². The molecule has 114 valence electrons. The van der Waals surface area contributed by atoms with Gasteiger partial charge in [-0.15, -0.1) is 0 Å². The van der Waals surface area contributed by atoms with Crippen LogP contribution in [0.2, 0.25) is 0 Å². The van der Waals surface area contributed by atoms with Crippen molar-refractivity contribution >= 4 is 5.91 Å². The van der Waals surface area contributed by atoms with Gasteiger partial charge in [-0.25, -0.2) is 0 Å². The van der Waals surface area contributed by atoms with Crippen LogP contribution in [0.1, 0.15) is 45.1 Å². The Morgan fingerprint density at radius 2 is 1.71 bits per heavy atom. The van der Waals surface area contributed by atoms with E-state index in [-0.39, 0.29) is 5.91 Å². The van der Waals surface area contributed by atoms with Gasteiger partial charge in [-0.05, 0) is 24.8 Å². The molecule has 0 saturated heterocycles. The third kappa shape index (κ3) is 5.99. The van der Waals surface area contributed by atoms with Crippen molar-refractivity contribution in [3.63, 3.8) is 0 Å². The molecule has 0 spiro atoms. The number of carbonyl (C=O) groups is 1. The maximum absolute atomic E-state index is 12.6. The molecule has 0 radical (unpaired) electrons. The van der Waals surface area contributed by atoms with Crippen LogP contribution in [0.3, 0.4) is 0 Å². The number of rotatable bonds is 9. The van der Waals surface area contributed by atoms with Crippen molar-refractivity contribution < 1.29 is 4.79 Å². The van der Waals surface area contributed by atoms with Crippen molar-refractivity contribution in [2.24, 2.45) is 5.92 Å². The highest BCUT2D eigenvalue weighted by molar-refractivity contribution is 5.81. The Hall–Kier alpha value is -1.82. The molecule has 3 nitrogen and oxygen atoms in total. The second kappa shape index (κ2) is 9.99. The number of hydrogen-bond acceptors (Lipinski definition) is 2. The van der Waals surface area contributed by atoms with Gasteiger partial charge in [0.1, 0.15) is 5.92 Å². The maximum atomic E-state index is 12.6. The van der Waals surface area contributed by atoms with Gasteiger partial charge < -0.3 is 4.90 Å². The Labute approximate surface area is 128 Å². The van der Waals surface area contributed by atoms with Gasteiger partial charge in [0.05, 0.1) is 6.07 Å². The van der Waals surface area contributed by atoms with E-state index in [0.29, 0.717) is 6.42 Å². The molecule has 0 saturated carbocycles. The number of amides is 1. The Bertz CT molecular complexity index is 442. The van der Waals surface area contributed by atoms with E-state index in [0.717, 1.165) is 44.3 Å². The Balaban J connectivity index is 2.71. The first kappa shape index (κ1) is 17.2. The third-order valence-electron chi connectivity index (χ3n) is 3.61. The topological polar surface area (TPSA) is 44.1 Å². The van der Waals surface area contributed by atoms with Crippen LogP contribution in [-0.4, -0.2) is 23.9 Å². The molecule has 0 bridgehead atoms. The van der Waals surface area contributed by atoms with Crippen LogP contribution in [-0.2, 0) is 11.2 Å². The molecule has 1 aromatic rings. The van der Waals surface area contributed by atoms with Crippen LogP contribution < -0.4 is 0 Å². The fourth-order valence-electron chi connectivity index (χ4n) is 2.29. The molecular formula is C18H26N2O. The van der Waals surface area contributed by atoms with E-state index in [1.54, 1.807) is 0 Å². The maximum Gasteiger partial charge on any atom is 0.240 e. The largest absolute Gasteiger partial charge is 0.342 e. The lowest BCUT2D eigenvalue weighted by Crippen LogP contribution is -2.38. The Morgan fingerprint density at radius 3 is 2.19 bits per heavy atom. The monoisotopic (exact) mass is 286 g/mol. The van der Waals surface area contributed by atoms with Crippen molar-refractivity contribution in [2.75, 3.05) is 13.1 Å². The van der Waals surface area contributed by atoms with E-state index < -0.39 is 5.92 Å². The summed E-state index contributed by atoms with van der Waals surface area (Å²) in [4.78, 5) is 14.5. The predicted octanol–water partition coefficient (Wildman–Crippen LogP) is 3.80. The van der Waals surface area contributed by atoms with E-state index in [9.17, 15) is 10.1 Å². The minimum atomic E-state index is -0.568. The van der Waals surface area contributed by atoms with Gasteiger partial charge >= 0.3 is 0 Å². The van der Waals surface area contributed by atoms with Crippen LogP contribution in [0.4, 0.5) is 0 Å². The fourth-order valence-corrected chi connectivity index (χ4v) is 2.29. The van der Waals surface area contributed by atoms with Gasteiger partial charge in [0.15, 0.2) is 0 Å². The Morgan fingerprint density at radius 1 is 1.14 bits per heavy atom. The van der Waals surface area contributed by atoms with Crippen LogP contribution in [0.5, 0.6) is 0 Å². The highest BCUT2D eigenvalue weighted by Crippen LogP contribution is 2.13. The SMILES string of the molecule is CCCCN(CCCC)C(=O)C(C#N)Cc1ccccc1. The first-order chi connectivity index (χ1) is 10.2. The molecule has 1 unspecified atom stereocenters. The van der Waals surface area contributed by atoms with Crippen LogP contribution in [0.25, 0.3) is 0 Å². The number of benzene rings is 1. The molecule has 0 N–H and O–H groups in total. The molecule has 21 heavy (non-hydrogen) atoms. The molecule has 0 aliphatic heterocycles. The summed E-state index contributed by atoms with van der Waals surface area (Å²) in [6.45, 7) is 5.77. The zero-order valence-corrected chi connectivity index (χ0v) is 13.2. The highest BCUT2D eigenvalue weighted by Gasteiger charge is 2.23. The molecule has 1 rings (SSSR count). The zero-order valence-electron chi connectivity index (χ0n) is 13.2. The summed E-state index contributed by atoms with van der Waals surface area (Å²) in [5.74, 6) is -0.579. The Kier molecular flexibility index (Phi) is 8.19. The quantitative estimate of drug-likeness (QED) is 0.693. The minimum absolute atomic E-state index is 0.0109. The number of nitrogens with zero attached hydrogens (tertiary/aromatic N) is 2. The standard InChI is InChI=1S/C18H26N2O/c1-3-5-12-20(13-6-4-2)18(21)17(15-19)14-16-10-8-7-9-11-16/h7-11,17H,3-6,12-14H2,1-2H3. The van der Waals surface area contributed by atoms with Crippen molar-refractivity contribution in [1.82, 2.24) is 4.90 Å². The summed E-state index contributed by atoms with van der Waals surface area (Å²) in [5, 5.41) is 9.36. The average molecular weight is 286 g/mol. The smallest absolute Gasteiger partial charge is 0.240 e. The normalized spacial score (nSPS) is 11.7. The number of unbranched alkanes of at least 4 members (excludes halogenated alkanes) is 2. The van der Waals surface area contributed by atoms with Gasteiger partial charge in [0, 0.05) is 13.1 Å². The summed E-state index contributed by atoms with van der Waals surface area (Å²) in [5.41, 5.74) is 1.04. The molecular weight excluding hydrogens is 260 g/mol. The summed E-state index contributed by atoms with van der Waals surface area (Å²) < 4.78 is 0. The molecule has 1 amide bonds. The second-order valence-corrected chi connectivity index (χ2v) is 5.40. The molecule has 0 aliphatic rings. The average Bonchev–Trinajstić information content (AvgIpc) is 2.53. The van der Waals surface area contributed by atoms with Gasteiger partial charge in [0.2, 0.25) is 5.91 Å². The van der Waals surface area contributed by atoms with E-state index >= 15 is 0 Å². The van der Waals surface area contributed by atoms with Gasteiger partial charge in [-0.1, -0.05) is 57.0 Å². The van der Waals surface area contributed by atoms with Crippen molar-refractivity contribution in [3.8, 4) is 6.07 Å². The number of nitriles is 1. The third-order valence-corrected chi connectivity index (χ3v) is 3.61. The molecule has 1 atom stereocenters. The lowest BCUT2D eigenvalue weighted by molar-refractivity contribution is -0.133. The fraction of sp³-hybridized carbons (Fsp3) is 0.556. The number of hydrogen-bond donors (Lipinski definition) is 0. The lowest BCUT2D eigenvalue weighted by atomic mass is 9.99. The van der Waals surface area contributed by atoms with E-state index in [1.165, 1.54) is 0 Å². The summed E-state index contributed by atoms with van der Waals surface area (Å²) >= 11 is 0. The summed E-state index contributed by atoms with van der Waals surface area (Å²) in [6.07, 6.45) is 4.63. The summed E-state index contributed by atoms with van der Waals surface area (Å²) in [7, 11) is 0. The predicted molar refractivity (Wildman–Crippen MR) is 85.6 cm³/mol. The molecule has 1 aromatic carbocycles. The molecule has 0 fully saturated rings. The molecule has 3 heteroatoms. The van der Waals surface area contributed by atoms with E-state index in [1.807, 2.05) is 35.2 Å². The van der Waals surface area contributed by atoms with Gasteiger partial charge in [-0.2, -0.15) is 5.26 Å². The first-order valence-electron chi connectivity index (χ1n) is 7.95. The lowest BCUT2D eigenvalue weighted by Gasteiger charge is -2.24. The van der Waals surface area contributed by atoms with Crippen molar-refractivity contribution in [3.05, 3.63) is 35.9 Å². The molecule has 0 aliphatic carbocycles. The number of carbonyl (C=O) groups excluding carboxylic acids is 1. The van der Waals surface area contributed by atoms with Crippen LogP contribution >= 0.6 is 0 Å². The summed E-state index contributed by atoms with van der Waals surface area (Å²) in [6, 6.07) is 12.0. The second-order valence-electron chi connectivity index (χ2n) is 5.40. The van der Waals surface area contributed by atoms with E-state index in [4.69, 9.17) is 0 Å². The van der Waals surface area contributed by atoms with Crippen molar-refractivity contribution in [2.45, 2.75) is 46.0 Å². The first-order valence-corrected chi connectivity index (χ1v) is 7.95. The van der Waals surface area contributed by atoms with Crippen LogP contribution in [0.15, 0.2) is 30.3 Å². The van der Waals surface area contributed by atoms with Crippen LogP contribution in [0, 0.1) is 17.2 Å².